The van der Waals surface area contributed by atoms with Crippen molar-refractivity contribution in [2.45, 2.75) is 63.0 Å². The predicted molar refractivity (Wildman–Crippen MR) is 147 cm³/mol. The van der Waals surface area contributed by atoms with Crippen LogP contribution in [0.25, 0.3) is 11.1 Å². The minimum absolute atomic E-state index is 0.0378. The van der Waals surface area contributed by atoms with Crippen molar-refractivity contribution in [2.24, 2.45) is 11.8 Å². The molecule has 0 spiro atoms. The van der Waals surface area contributed by atoms with E-state index < -0.39 is 22.2 Å². The number of sulfonamides is 1. The Hall–Kier alpha value is -2.62. The van der Waals surface area contributed by atoms with E-state index in [0.29, 0.717) is 12.3 Å². The summed E-state index contributed by atoms with van der Waals surface area (Å²) in [7, 11) is -0.531. The molecule has 9 heteroatoms. The van der Waals surface area contributed by atoms with Crippen LogP contribution in [0.1, 0.15) is 46.0 Å². The van der Waals surface area contributed by atoms with E-state index >= 15 is 0 Å². The summed E-state index contributed by atoms with van der Waals surface area (Å²) >= 11 is 0. The highest BCUT2D eigenvalue weighted by Crippen LogP contribution is 2.37. The second-order valence-corrected chi connectivity index (χ2v) is 12.5. The Morgan fingerprint density at radius 2 is 1.87 bits per heavy atom. The summed E-state index contributed by atoms with van der Waals surface area (Å²) in [6, 6.07) is 12.0. The third kappa shape index (κ3) is 6.00. The summed E-state index contributed by atoms with van der Waals surface area (Å²) in [4.78, 5) is 15.0. The average molecular weight is 545 g/mol. The van der Waals surface area contributed by atoms with Crippen LogP contribution in [0.2, 0.25) is 0 Å². The van der Waals surface area contributed by atoms with Gasteiger partial charge in [0.25, 0.3) is 0 Å². The maximum Gasteiger partial charge on any atom is 0.247 e. The Kier molecular flexibility index (Phi) is 9.00. The zero-order valence-corrected chi connectivity index (χ0v) is 23.6. The molecule has 1 saturated carbocycles. The summed E-state index contributed by atoms with van der Waals surface area (Å²) < 4.78 is 40.7. The molecule has 2 aromatic carbocycles. The standard InChI is InChI=1S/C29H40N2O6S/c1-20-17-31(21(2)19-32)38(34,35)28-14-13-24(23-11-8-12-25(15-23)36-4)16-26(28)37-27(20)18-30(3)29(33)22-9-6-5-7-10-22/h8,11-16,20-22,27,32H,5-7,9-10,17-19H2,1-4H3/t20-,21+,27-/m1/s1. The highest BCUT2D eigenvalue weighted by atomic mass is 32.2. The number of methoxy groups -OCH3 is 1. The number of aliphatic hydroxyl groups excluding tert-OH is 1. The number of hydrogen-bond acceptors (Lipinski definition) is 6. The lowest BCUT2D eigenvalue weighted by atomic mass is 9.88. The van der Waals surface area contributed by atoms with Gasteiger partial charge >= 0.3 is 0 Å². The number of carbonyl (C=O) groups excluding carboxylic acids is 1. The second-order valence-electron chi connectivity index (χ2n) is 10.7. The molecular weight excluding hydrogens is 504 g/mol. The zero-order chi connectivity index (χ0) is 27.4. The number of carbonyl (C=O) groups is 1. The summed E-state index contributed by atoms with van der Waals surface area (Å²) in [6.45, 7) is 3.87. The molecule has 1 aliphatic carbocycles. The Morgan fingerprint density at radius 3 is 2.55 bits per heavy atom. The number of aliphatic hydroxyl groups is 1. The molecule has 3 atom stereocenters. The molecule has 208 valence electrons. The first-order valence-corrected chi connectivity index (χ1v) is 14.9. The Morgan fingerprint density at radius 1 is 1.16 bits per heavy atom. The number of amides is 1. The van der Waals surface area contributed by atoms with Crippen LogP contribution in [0, 0.1) is 11.8 Å². The lowest BCUT2D eigenvalue weighted by Gasteiger charge is -2.38. The third-order valence-electron chi connectivity index (χ3n) is 7.85. The van der Waals surface area contributed by atoms with Gasteiger partial charge in [-0.15, -0.1) is 0 Å². The van der Waals surface area contributed by atoms with Gasteiger partial charge in [0, 0.05) is 31.5 Å². The second kappa shape index (κ2) is 12.1. The van der Waals surface area contributed by atoms with Gasteiger partial charge in [-0.2, -0.15) is 4.31 Å². The number of rotatable bonds is 7. The van der Waals surface area contributed by atoms with Gasteiger partial charge in [-0.25, -0.2) is 8.42 Å². The van der Waals surface area contributed by atoms with Gasteiger partial charge in [0.1, 0.15) is 22.5 Å². The van der Waals surface area contributed by atoms with E-state index in [4.69, 9.17) is 9.47 Å². The van der Waals surface area contributed by atoms with Crippen LogP contribution in [0.15, 0.2) is 47.4 Å². The van der Waals surface area contributed by atoms with E-state index in [1.54, 1.807) is 37.1 Å². The van der Waals surface area contributed by atoms with Crippen molar-refractivity contribution in [1.82, 2.24) is 9.21 Å². The minimum Gasteiger partial charge on any atom is -0.497 e. The first kappa shape index (κ1) is 28.4. The molecule has 1 N–H and O–H groups in total. The summed E-state index contributed by atoms with van der Waals surface area (Å²) in [5.41, 5.74) is 1.66. The third-order valence-corrected chi connectivity index (χ3v) is 9.87. The van der Waals surface area contributed by atoms with Gasteiger partial charge in [-0.3, -0.25) is 4.79 Å². The van der Waals surface area contributed by atoms with E-state index in [2.05, 4.69) is 0 Å². The van der Waals surface area contributed by atoms with E-state index in [1.165, 1.54) is 10.7 Å². The van der Waals surface area contributed by atoms with Crippen LogP contribution >= 0.6 is 0 Å². The van der Waals surface area contributed by atoms with Crippen LogP contribution in [0.4, 0.5) is 0 Å². The van der Waals surface area contributed by atoms with Gasteiger partial charge in [0.2, 0.25) is 15.9 Å². The molecule has 0 bridgehead atoms. The Bertz CT molecular complexity index is 1230. The SMILES string of the molecule is COc1cccc(-c2ccc3c(c2)O[C@H](CN(C)C(=O)C2CCCCC2)[C@H](C)CN([C@@H](C)CO)S3(=O)=O)c1. The van der Waals surface area contributed by atoms with Crippen molar-refractivity contribution in [3.63, 3.8) is 0 Å². The quantitative estimate of drug-likeness (QED) is 0.562. The van der Waals surface area contributed by atoms with Crippen molar-refractivity contribution < 1.29 is 27.8 Å². The van der Waals surface area contributed by atoms with Gasteiger partial charge < -0.3 is 19.5 Å². The fourth-order valence-corrected chi connectivity index (χ4v) is 7.27. The molecule has 1 heterocycles. The fraction of sp³-hybridized carbons (Fsp3) is 0.552. The maximum absolute atomic E-state index is 13.8. The van der Waals surface area contributed by atoms with E-state index in [1.807, 2.05) is 38.2 Å². The molecule has 2 aliphatic rings. The average Bonchev–Trinajstić information content (AvgIpc) is 2.94. The molecule has 4 rings (SSSR count). The molecule has 2 aromatic rings. The number of nitrogens with zero attached hydrogens (tertiary/aromatic N) is 2. The van der Waals surface area contributed by atoms with Crippen LogP contribution in [0.5, 0.6) is 11.5 Å². The van der Waals surface area contributed by atoms with Crippen LogP contribution in [0.3, 0.4) is 0 Å². The zero-order valence-electron chi connectivity index (χ0n) is 22.8. The molecule has 38 heavy (non-hydrogen) atoms. The van der Waals surface area contributed by atoms with Crippen LogP contribution in [-0.2, 0) is 14.8 Å². The molecule has 0 aromatic heterocycles. The Balaban J connectivity index is 1.72. The van der Waals surface area contributed by atoms with Gasteiger partial charge in [0.05, 0.1) is 20.3 Å². The van der Waals surface area contributed by atoms with Crippen molar-refractivity contribution in [3.8, 4) is 22.6 Å². The lowest BCUT2D eigenvalue weighted by molar-refractivity contribution is -0.136. The summed E-state index contributed by atoms with van der Waals surface area (Å²) in [5, 5.41) is 9.88. The molecular formula is C29H40N2O6S. The highest BCUT2D eigenvalue weighted by Gasteiger charge is 2.39. The van der Waals surface area contributed by atoms with Crippen molar-refractivity contribution >= 4 is 15.9 Å². The van der Waals surface area contributed by atoms with Crippen molar-refractivity contribution in [3.05, 3.63) is 42.5 Å². The number of likely N-dealkylation sites (N-methyl/N-ethyl adjacent to an activating group) is 1. The molecule has 1 amide bonds. The number of fused-ring (bicyclic) bond motifs is 1. The maximum atomic E-state index is 13.8. The monoisotopic (exact) mass is 544 g/mol. The number of hydrogen-bond donors (Lipinski definition) is 1. The van der Waals surface area contributed by atoms with Gasteiger partial charge in [-0.05, 0) is 55.2 Å². The van der Waals surface area contributed by atoms with Crippen molar-refractivity contribution in [1.29, 1.82) is 0 Å². The van der Waals surface area contributed by atoms with E-state index in [0.717, 1.165) is 36.8 Å². The number of ether oxygens (including phenoxy) is 2. The molecule has 1 fully saturated rings. The first-order valence-electron chi connectivity index (χ1n) is 13.5. The van der Waals surface area contributed by atoms with Gasteiger partial charge in [-0.1, -0.05) is 44.4 Å². The topological polar surface area (TPSA) is 96.4 Å². The fourth-order valence-electron chi connectivity index (χ4n) is 5.45. The smallest absolute Gasteiger partial charge is 0.247 e. The normalized spacial score (nSPS) is 22.9. The largest absolute Gasteiger partial charge is 0.497 e. The lowest BCUT2D eigenvalue weighted by Crippen LogP contribution is -2.50. The Labute approximate surface area is 226 Å². The molecule has 1 aliphatic heterocycles. The van der Waals surface area contributed by atoms with E-state index in [9.17, 15) is 18.3 Å². The van der Waals surface area contributed by atoms with E-state index in [-0.39, 0.29) is 41.5 Å². The molecule has 0 saturated heterocycles. The molecule has 0 unspecified atom stereocenters. The van der Waals surface area contributed by atoms with Crippen LogP contribution in [-0.4, -0.2) is 74.6 Å². The summed E-state index contributed by atoms with van der Waals surface area (Å²) in [6.07, 6.45) is 4.72. The highest BCUT2D eigenvalue weighted by molar-refractivity contribution is 7.89. The molecule has 0 radical (unpaired) electrons. The molecule has 8 nitrogen and oxygen atoms in total. The van der Waals surface area contributed by atoms with Crippen molar-refractivity contribution in [2.75, 3.05) is 33.9 Å². The summed E-state index contributed by atoms with van der Waals surface area (Å²) in [5.74, 6) is 0.876. The van der Waals surface area contributed by atoms with Gasteiger partial charge in [0.15, 0.2) is 0 Å². The predicted octanol–water partition coefficient (Wildman–Crippen LogP) is 4.17. The number of benzene rings is 2. The minimum atomic E-state index is -3.94. The first-order chi connectivity index (χ1) is 18.1. The van der Waals surface area contributed by atoms with Crippen LogP contribution < -0.4 is 9.47 Å².